The number of likely N-dealkylation sites (tertiary alicyclic amines) is 1. The average molecular weight is 330 g/mol. The topological polar surface area (TPSA) is 54.6 Å². The molecule has 0 bridgehead atoms. The molecule has 0 radical (unpaired) electrons. The Morgan fingerprint density at radius 2 is 2.21 bits per heavy atom. The molecule has 1 amide bonds. The van der Waals surface area contributed by atoms with Crippen LogP contribution in [0.15, 0.2) is 18.2 Å². The summed E-state index contributed by atoms with van der Waals surface area (Å²) in [6.07, 6.45) is 3.49. The van der Waals surface area contributed by atoms with Crippen molar-refractivity contribution in [2.75, 3.05) is 27.4 Å². The molecular formula is C19H26N2O3. The van der Waals surface area contributed by atoms with E-state index in [2.05, 4.69) is 24.0 Å². The van der Waals surface area contributed by atoms with Gasteiger partial charge in [-0.15, -0.1) is 0 Å². The molecule has 1 fully saturated rings. The van der Waals surface area contributed by atoms with E-state index < -0.39 is 0 Å². The normalized spacial score (nSPS) is 17.6. The van der Waals surface area contributed by atoms with E-state index in [1.165, 1.54) is 16.6 Å². The molecule has 5 heteroatoms. The fourth-order valence-corrected chi connectivity index (χ4v) is 3.70. The minimum Gasteiger partial charge on any atom is -0.497 e. The van der Waals surface area contributed by atoms with Gasteiger partial charge in [-0.3, -0.25) is 4.79 Å². The fraction of sp³-hybridized carbons (Fsp3) is 0.526. The Morgan fingerprint density at radius 3 is 2.96 bits per heavy atom. The number of H-pyrrole nitrogens is 1. The Bertz CT molecular complexity index is 723. The van der Waals surface area contributed by atoms with Crippen LogP contribution in [0.25, 0.3) is 10.9 Å². The first-order valence-corrected chi connectivity index (χ1v) is 8.57. The number of benzene rings is 1. The van der Waals surface area contributed by atoms with Gasteiger partial charge in [0.15, 0.2) is 0 Å². The Morgan fingerprint density at radius 1 is 1.38 bits per heavy atom. The van der Waals surface area contributed by atoms with E-state index in [0.717, 1.165) is 37.1 Å². The maximum Gasteiger partial charge on any atom is 0.225 e. The van der Waals surface area contributed by atoms with Crippen LogP contribution >= 0.6 is 0 Å². The molecule has 1 unspecified atom stereocenters. The smallest absolute Gasteiger partial charge is 0.225 e. The fourth-order valence-electron chi connectivity index (χ4n) is 3.70. The van der Waals surface area contributed by atoms with E-state index in [9.17, 15) is 4.79 Å². The van der Waals surface area contributed by atoms with Gasteiger partial charge in [-0.05, 0) is 49.9 Å². The highest BCUT2D eigenvalue weighted by Crippen LogP contribution is 2.30. The number of hydrogen-bond acceptors (Lipinski definition) is 3. The van der Waals surface area contributed by atoms with Crippen LogP contribution in [0, 0.1) is 6.92 Å². The molecule has 3 rings (SSSR count). The van der Waals surface area contributed by atoms with Crippen molar-refractivity contribution in [1.29, 1.82) is 0 Å². The van der Waals surface area contributed by atoms with Crippen LogP contribution in [0.3, 0.4) is 0 Å². The van der Waals surface area contributed by atoms with Crippen LogP contribution in [0.4, 0.5) is 0 Å². The van der Waals surface area contributed by atoms with Crippen molar-refractivity contribution in [3.05, 3.63) is 29.5 Å². The molecule has 0 saturated carbocycles. The molecule has 0 aliphatic carbocycles. The standard InChI is InChI=1S/C19H26N2O3/c1-13-16(17-12-15(24-3)6-7-18(17)20-13)11-14-5-4-9-21(14)19(22)8-10-23-2/h6-7,12,14,20H,4-5,8-11H2,1-3H3. The number of rotatable bonds is 6. The third-order valence-electron chi connectivity index (χ3n) is 4.98. The third kappa shape index (κ3) is 3.26. The van der Waals surface area contributed by atoms with Crippen LogP contribution in [0.2, 0.25) is 0 Å². The number of aromatic nitrogens is 1. The van der Waals surface area contributed by atoms with Gasteiger partial charge in [0.2, 0.25) is 5.91 Å². The molecule has 1 aromatic heterocycles. The van der Waals surface area contributed by atoms with Crippen LogP contribution in [-0.2, 0) is 16.0 Å². The van der Waals surface area contributed by atoms with Crippen LogP contribution < -0.4 is 4.74 Å². The number of amides is 1. The summed E-state index contributed by atoms with van der Waals surface area (Å²) >= 11 is 0. The predicted molar refractivity (Wildman–Crippen MR) is 94.5 cm³/mol. The number of carbonyl (C=O) groups excluding carboxylic acids is 1. The van der Waals surface area contributed by atoms with Crippen molar-refractivity contribution in [3.63, 3.8) is 0 Å². The number of fused-ring (bicyclic) bond motifs is 1. The quantitative estimate of drug-likeness (QED) is 0.886. The van der Waals surface area contributed by atoms with Gasteiger partial charge in [-0.2, -0.15) is 0 Å². The van der Waals surface area contributed by atoms with Crippen molar-refractivity contribution >= 4 is 16.8 Å². The Balaban J connectivity index is 1.83. The molecule has 1 N–H and O–H groups in total. The number of aryl methyl sites for hydroxylation is 1. The Hall–Kier alpha value is -2.01. The molecule has 0 spiro atoms. The zero-order valence-electron chi connectivity index (χ0n) is 14.7. The van der Waals surface area contributed by atoms with Crippen LogP contribution in [-0.4, -0.2) is 49.2 Å². The molecule has 5 nitrogen and oxygen atoms in total. The maximum absolute atomic E-state index is 12.4. The van der Waals surface area contributed by atoms with Crippen LogP contribution in [0.1, 0.15) is 30.5 Å². The summed E-state index contributed by atoms with van der Waals surface area (Å²) in [4.78, 5) is 17.9. The maximum atomic E-state index is 12.4. The average Bonchev–Trinajstić information content (AvgIpc) is 3.17. The molecule has 1 atom stereocenters. The van der Waals surface area contributed by atoms with Crippen molar-refractivity contribution in [3.8, 4) is 5.75 Å². The molecule has 130 valence electrons. The van der Waals surface area contributed by atoms with Gasteiger partial charge in [-0.1, -0.05) is 0 Å². The Labute approximate surface area is 142 Å². The minimum atomic E-state index is 0.203. The summed E-state index contributed by atoms with van der Waals surface area (Å²) in [6, 6.07) is 6.39. The minimum absolute atomic E-state index is 0.203. The number of carbonyl (C=O) groups is 1. The van der Waals surface area contributed by atoms with E-state index in [-0.39, 0.29) is 11.9 Å². The zero-order chi connectivity index (χ0) is 17.1. The van der Waals surface area contributed by atoms with Gasteiger partial charge in [0.25, 0.3) is 0 Å². The second kappa shape index (κ2) is 7.26. The van der Waals surface area contributed by atoms with E-state index in [1.807, 2.05) is 11.0 Å². The van der Waals surface area contributed by atoms with Crippen molar-refractivity contribution in [1.82, 2.24) is 9.88 Å². The number of nitrogens with one attached hydrogen (secondary N) is 1. The van der Waals surface area contributed by atoms with Gasteiger partial charge in [-0.25, -0.2) is 0 Å². The van der Waals surface area contributed by atoms with Gasteiger partial charge >= 0.3 is 0 Å². The number of ether oxygens (including phenoxy) is 2. The highest BCUT2D eigenvalue weighted by molar-refractivity contribution is 5.86. The second-order valence-electron chi connectivity index (χ2n) is 6.47. The summed E-state index contributed by atoms with van der Waals surface area (Å²) in [7, 11) is 3.32. The molecule has 1 aliphatic rings. The number of nitrogens with zero attached hydrogens (tertiary/aromatic N) is 1. The van der Waals surface area contributed by atoms with Crippen molar-refractivity contribution in [2.45, 2.75) is 38.6 Å². The SMILES string of the molecule is COCCC(=O)N1CCCC1Cc1c(C)[nH]c2ccc(OC)cc12. The Kier molecular flexibility index (Phi) is 5.09. The highest BCUT2D eigenvalue weighted by Gasteiger charge is 2.29. The van der Waals surface area contributed by atoms with E-state index >= 15 is 0 Å². The van der Waals surface area contributed by atoms with Gasteiger partial charge < -0.3 is 19.4 Å². The van der Waals surface area contributed by atoms with Gasteiger partial charge in [0.05, 0.1) is 20.1 Å². The third-order valence-corrected chi connectivity index (χ3v) is 4.98. The lowest BCUT2D eigenvalue weighted by molar-refractivity contribution is -0.132. The largest absolute Gasteiger partial charge is 0.497 e. The molecule has 2 aromatic rings. The van der Waals surface area contributed by atoms with Gasteiger partial charge in [0.1, 0.15) is 5.75 Å². The highest BCUT2D eigenvalue weighted by atomic mass is 16.5. The van der Waals surface area contributed by atoms with E-state index in [0.29, 0.717) is 13.0 Å². The number of hydrogen-bond donors (Lipinski definition) is 1. The summed E-state index contributed by atoms with van der Waals surface area (Å²) < 4.78 is 10.4. The first-order valence-electron chi connectivity index (χ1n) is 8.57. The van der Waals surface area contributed by atoms with Crippen molar-refractivity contribution < 1.29 is 14.3 Å². The lowest BCUT2D eigenvalue weighted by atomic mass is 10.0. The van der Waals surface area contributed by atoms with E-state index in [4.69, 9.17) is 9.47 Å². The summed E-state index contributed by atoms with van der Waals surface area (Å²) in [5.41, 5.74) is 3.59. The molecule has 1 aliphatic heterocycles. The molecule has 1 aromatic carbocycles. The van der Waals surface area contributed by atoms with Crippen molar-refractivity contribution in [2.24, 2.45) is 0 Å². The van der Waals surface area contributed by atoms with Gasteiger partial charge in [0, 0.05) is 36.3 Å². The lowest BCUT2D eigenvalue weighted by Gasteiger charge is -2.25. The number of aromatic amines is 1. The predicted octanol–water partition coefficient (Wildman–Crippen LogP) is 3.05. The molecule has 2 heterocycles. The summed E-state index contributed by atoms with van der Waals surface area (Å²) in [6.45, 7) is 3.46. The lowest BCUT2D eigenvalue weighted by Crippen LogP contribution is -2.37. The first kappa shape index (κ1) is 16.8. The first-order chi connectivity index (χ1) is 11.6. The second-order valence-corrected chi connectivity index (χ2v) is 6.47. The number of methoxy groups -OCH3 is 2. The van der Waals surface area contributed by atoms with E-state index in [1.54, 1.807) is 14.2 Å². The summed E-state index contributed by atoms with van der Waals surface area (Å²) in [5.74, 6) is 1.07. The molecule has 24 heavy (non-hydrogen) atoms. The summed E-state index contributed by atoms with van der Waals surface area (Å²) in [5, 5.41) is 1.20. The molecule has 1 saturated heterocycles. The molecular weight excluding hydrogens is 304 g/mol. The monoisotopic (exact) mass is 330 g/mol. The van der Waals surface area contributed by atoms with Crippen LogP contribution in [0.5, 0.6) is 5.75 Å². The zero-order valence-corrected chi connectivity index (χ0v) is 14.7.